The van der Waals surface area contributed by atoms with Gasteiger partial charge in [-0.1, -0.05) is 48.0 Å². The van der Waals surface area contributed by atoms with Gasteiger partial charge in [0.2, 0.25) is 0 Å². The largest absolute Gasteiger partial charge is 0.387 e. The number of para-hydroxylation sites is 1. The molecule has 0 aliphatic rings. The van der Waals surface area contributed by atoms with Gasteiger partial charge in [-0.3, -0.25) is 4.98 Å². The lowest BCUT2D eigenvalue weighted by Crippen LogP contribution is -2.12. The second kappa shape index (κ2) is 6.16. The van der Waals surface area contributed by atoms with Crippen LogP contribution >= 0.6 is 0 Å². The second-order valence-electron chi connectivity index (χ2n) is 5.64. The zero-order chi connectivity index (χ0) is 15.5. The lowest BCUT2D eigenvalue weighted by atomic mass is 10.1. The fourth-order valence-corrected chi connectivity index (χ4v) is 2.68. The van der Waals surface area contributed by atoms with Gasteiger partial charge in [-0.2, -0.15) is 0 Å². The van der Waals surface area contributed by atoms with E-state index in [-0.39, 0.29) is 0 Å². The first-order valence-electron chi connectivity index (χ1n) is 7.48. The molecule has 1 heterocycles. The number of rotatable bonds is 4. The molecule has 3 rings (SSSR count). The molecule has 0 bridgehead atoms. The molecule has 0 radical (unpaired) electrons. The van der Waals surface area contributed by atoms with Crippen molar-refractivity contribution in [2.75, 3.05) is 11.9 Å². The van der Waals surface area contributed by atoms with Crippen molar-refractivity contribution in [3.05, 3.63) is 71.4 Å². The van der Waals surface area contributed by atoms with Gasteiger partial charge in [-0.05, 0) is 31.0 Å². The Morgan fingerprint density at radius 2 is 1.91 bits per heavy atom. The minimum Gasteiger partial charge on any atom is -0.387 e. The number of aryl methyl sites for hydroxylation is 2. The number of nitrogens with one attached hydrogen (secondary N) is 1. The fraction of sp³-hybridized carbons (Fsp3) is 0.211. The number of aromatic nitrogens is 1. The van der Waals surface area contributed by atoms with Crippen molar-refractivity contribution >= 4 is 16.6 Å². The van der Waals surface area contributed by atoms with E-state index < -0.39 is 6.10 Å². The summed E-state index contributed by atoms with van der Waals surface area (Å²) in [7, 11) is 0. The van der Waals surface area contributed by atoms with Crippen molar-refractivity contribution in [2.45, 2.75) is 20.0 Å². The van der Waals surface area contributed by atoms with Gasteiger partial charge in [-0.25, -0.2) is 0 Å². The molecule has 3 nitrogen and oxygen atoms in total. The van der Waals surface area contributed by atoms with Crippen molar-refractivity contribution in [3.8, 4) is 0 Å². The van der Waals surface area contributed by atoms with Crippen LogP contribution in [0.1, 0.15) is 22.8 Å². The number of benzene rings is 2. The first kappa shape index (κ1) is 14.5. The van der Waals surface area contributed by atoms with Crippen LogP contribution in [0, 0.1) is 13.8 Å². The highest BCUT2D eigenvalue weighted by Crippen LogP contribution is 2.24. The van der Waals surface area contributed by atoms with Crippen LogP contribution < -0.4 is 5.32 Å². The van der Waals surface area contributed by atoms with E-state index >= 15 is 0 Å². The summed E-state index contributed by atoms with van der Waals surface area (Å²) in [6.45, 7) is 4.56. The Labute approximate surface area is 130 Å². The zero-order valence-electron chi connectivity index (χ0n) is 12.9. The van der Waals surface area contributed by atoms with Gasteiger partial charge in [-0.15, -0.1) is 0 Å². The molecule has 1 aromatic heterocycles. The predicted molar refractivity (Wildman–Crippen MR) is 91.1 cm³/mol. The highest BCUT2D eigenvalue weighted by molar-refractivity contribution is 5.92. The Morgan fingerprint density at radius 1 is 1.09 bits per heavy atom. The van der Waals surface area contributed by atoms with Crippen LogP contribution in [0.25, 0.3) is 10.9 Å². The number of nitrogens with zero attached hydrogens (tertiary/aromatic N) is 1. The minimum atomic E-state index is -0.534. The quantitative estimate of drug-likeness (QED) is 0.764. The number of hydrogen-bond acceptors (Lipinski definition) is 3. The van der Waals surface area contributed by atoms with Crippen LogP contribution in [0.15, 0.2) is 54.7 Å². The lowest BCUT2D eigenvalue weighted by Gasteiger charge is -2.15. The average molecular weight is 292 g/mol. The van der Waals surface area contributed by atoms with Crippen molar-refractivity contribution in [3.63, 3.8) is 0 Å². The monoisotopic (exact) mass is 292 g/mol. The Bertz CT molecular complexity index is 798. The highest BCUT2D eigenvalue weighted by Gasteiger charge is 2.09. The molecule has 1 unspecified atom stereocenters. The van der Waals surface area contributed by atoms with E-state index in [0.29, 0.717) is 6.54 Å². The SMILES string of the molecule is Cc1cccc(C(O)CNc2ccnc3c(C)cccc23)c1. The summed E-state index contributed by atoms with van der Waals surface area (Å²) in [6.07, 6.45) is 1.27. The summed E-state index contributed by atoms with van der Waals surface area (Å²) < 4.78 is 0. The predicted octanol–water partition coefficient (Wildman–Crippen LogP) is 4.00. The molecule has 112 valence electrons. The standard InChI is InChI=1S/C19H20N2O/c1-13-5-3-7-15(11-13)18(22)12-21-17-9-10-20-19-14(2)6-4-8-16(17)19/h3-11,18,22H,12H2,1-2H3,(H,20,21). The summed E-state index contributed by atoms with van der Waals surface area (Å²) in [5.74, 6) is 0. The third-order valence-electron chi connectivity index (χ3n) is 3.89. The molecule has 0 saturated heterocycles. The molecule has 22 heavy (non-hydrogen) atoms. The zero-order valence-corrected chi connectivity index (χ0v) is 12.9. The first-order chi connectivity index (χ1) is 10.6. The van der Waals surface area contributed by atoms with E-state index in [1.165, 1.54) is 0 Å². The number of anilines is 1. The molecule has 3 aromatic rings. The topological polar surface area (TPSA) is 45.1 Å². The molecule has 2 N–H and O–H groups in total. The summed E-state index contributed by atoms with van der Waals surface area (Å²) in [5, 5.41) is 14.8. The molecular formula is C19H20N2O. The van der Waals surface area contributed by atoms with Gasteiger partial charge in [0.15, 0.2) is 0 Å². The van der Waals surface area contributed by atoms with Crippen LogP contribution in [-0.2, 0) is 0 Å². The molecule has 0 aliphatic heterocycles. The Morgan fingerprint density at radius 3 is 2.73 bits per heavy atom. The van der Waals surface area contributed by atoms with E-state index in [4.69, 9.17) is 0 Å². The number of aliphatic hydroxyl groups excluding tert-OH is 1. The molecule has 0 fully saturated rings. The number of aliphatic hydroxyl groups is 1. The third kappa shape index (κ3) is 2.95. The summed E-state index contributed by atoms with van der Waals surface area (Å²) >= 11 is 0. The second-order valence-corrected chi connectivity index (χ2v) is 5.64. The Kier molecular flexibility index (Phi) is 4.07. The van der Waals surface area contributed by atoms with Crippen molar-refractivity contribution in [1.29, 1.82) is 0 Å². The maximum absolute atomic E-state index is 10.4. The normalized spacial score (nSPS) is 12.3. The van der Waals surface area contributed by atoms with Crippen molar-refractivity contribution < 1.29 is 5.11 Å². The molecule has 2 aromatic carbocycles. The first-order valence-corrected chi connectivity index (χ1v) is 7.48. The Hall–Kier alpha value is -2.39. The van der Waals surface area contributed by atoms with Crippen molar-refractivity contribution in [1.82, 2.24) is 4.98 Å². The van der Waals surface area contributed by atoms with Gasteiger partial charge < -0.3 is 10.4 Å². The molecule has 0 spiro atoms. The van der Waals surface area contributed by atoms with E-state index in [1.807, 2.05) is 43.3 Å². The fourth-order valence-electron chi connectivity index (χ4n) is 2.68. The van der Waals surface area contributed by atoms with Gasteiger partial charge in [0.1, 0.15) is 0 Å². The van der Waals surface area contributed by atoms with Crippen LogP contribution in [0.3, 0.4) is 0 Å². The van der Waals surface area contributed by atoms with Gasteiger partial charge in [0, 0.05) is 23.8 Å². The summed E-state index contributed by atoms with van der Waals surface area (Å²) in [6, 6.07) is 16.1. The average Bonchev–Trinajstić information content (AvgIpc) is 2.53. The van der Waals surface area contributed by atoms with Gasteiger partial charge >= 0.3 is 0 Å². The summed E-state index contributed by atoms with van der Waals surface area (Å²) in [4.78, 5) is 4.44. The third-order valence-corrected chi connectivity index (χ3v) is 3.89. The lowest BCUT2D eigenvalue weighted by molar-refractivity contribution is 0.191. The van der Waals surface area contributed by atoms with Crippen molar-refractivity contribution in [2.24, 2.45) is 0 Å². The number of fused-ring (bicyclic) bond motifs is 1. The number of hydrogen-bond donors (Lipinski definition) is 2. The summed E-state index contributed by atoms with van der Waals surface area (Å²) in [5.41, 5.74) is 5.24. The highest BCUT2D eigenvalue weighted by atomic mass is 16.3. The molecular weight excluding hydrogens is 272 g/mol. The molecule has 1 atom stereocenters. The van der Waals surface area contributed by atoms with E-state index in [1.54, 1.807) is 6.20 Å². The molecule has 0 aliphatic carbocycles. The van der Waals surface area contributed by atoms with E-state index in [2.05, 4.69) is 29.4 Å². The van der Waals surface area contributed by atoms with Crippen LogP contribution in [0.4, 0.5) is 5.69 Å². The van der Waals surface area contributed by atoms with E-state index in [0.717, 1.165) is 33.3 Å². The van der Waals surface area contributed by atoms with Crippen LogP contribution in [0.2, 0.25) is 0 Å². The minimum absolute atomic E-state index is 0.469. The number of pyridine rings is 1. The van der Waals surface area contributed by atoms with Crippen LogP contribution in [0.5, 0.6) is 0 Å². The van der Waals surface area contributed by atoms with Crippen LogP contribution in [-0.4, -0.2) is 16.6 Å². The van der Waals surface area contributed by atoms with Gasteiger partial charge in [0.25, 0.3) is 0 Å². The maximum Gasteiger partial charge on any atom is 0.0962 e. The van der Waals surface area contributed by atoms with E-state index in [9.17, 15) is 5.11 Å². The molecule has 0 saturated carbocycles. The molecule has 3 heteroatoms. The van der Waals surface area contributed by atoms with Gasteiger partial charge in [0.05, 0.1) is 11.6 Å². The maximum atomic E-state index is 10.4. The smallest absolute Gasteiger partial charge is 0.0962 e. The molecule has 0 amide bonds. The Balaban J connectivity index is 1.81.